The van der Waals surface area contributed by atoms with E-state index in [0.29, 0.717) is 22.2 Å². The van der Waals surface area contributed by atoms with Gasteiger partial charge < -0.3 is 10.2 Å². The molecule has 0 atom stereocenters. The molecule has 0 unspecified atom stereocenters. The van der Waals surface area contributed by atoms with E-state index in [9.17, 15) is 4.79 Å². The van der Waals surface area contributed by atoms with Crippen molar-refractivity contribution in [3.05, 3.63) is 70.5 Å². The fraction of sp³-hybridized carbons (Fsp3) is 0.250. The van der Waals surface area contributed by atoms with E-state index in [2.05, 4.69) is 20.2 Å². The third-order valence-electron chi connectivity index (χ3n) is 5.96. The first-order valence-electron chi connectivity index (χ1n) is 10.7. The molecule has 8 heteroatoms. The van der Waals surface area contributed by atoms with Gasteiger partial charge in [-0.25, -0.2) is 9.97 Å². The van der Waals surface area contributed by atoms with Gasteiger partial charge in [0.05, 0.1) is 16.9 Å². The van der Waals surface area contributed by atoms with Crippen molar-refractivity contribution in [1.82, 2.24) is 19.6 Å². The summed E-state index contributed by atoms with van der Waals surface area (Å²) in [5.41, 5.74) is 4.61. The standard InChI is InChI=1S/C24H23ClN6O/c1-15-16(2)23-26-14-21(31(23)29-22(15)17-8-3-4-9-18(17)25)28-24(32)19-10-7-11-20(27-19)30-12-5-6-13-30/h3-4,7-11,14H,5-6,12-13H2,1-2H3,(H,28,32). The molecule has 1 aromatic carbocycles. The predicted molar refractivity (Wildman–Crippen MR) is 127 cm³/mol. The highest BCUT2D eigenvalue weighted by atomic mass is 35.5. The molecule has 0 bridgehead atoms. The maximum Gasteiger partial charge on any atom is 0.275 e. The van der Waals surface area contributed by atoms with E-state index in [1.807, 2.05) is 50.2 Å². The van der Waals surface area contributed by atoms with Crippen molar-refractivity contribution in [2.24, 2.45) is 0 Å². The Morgan fingerprint density at radius 2 is 1.81 bits per heavy atom. The normalized spacial score (nSPS) is 13.7. The smallest absolute Gasteiger partial charge is 0.275 e. The molecule has 1 amide bonds. The second kappa shape index (κ2) is 8.24. The Morgan fingerprint density at radius 3 is 2.59 bits per heavy atom. The Bertz CT molecular complexity index is 1330. The van der Waals surface area contributed by atoms with Crippen LogP contribution >= 0.6 is 11.6 Å². The zero-order chi connectivity index (χ0) is 22.2. The number of imidazole rings is 1. The summed E-state index contributed by atoms with van der Waals surface area (Å²) in [6.07, 6.45) is 3.92. The van der Waals surface area contributed by atoms with Crippen LogP contribution in [0.15, 0.2) is 48.7 Å². The average Bonchev–Trinajstić information content (AvgIpc) is 3.48. The molecule has 0 radical (unpaired) electrons. The zero-order valence-electron chi connectivity index (χ0n) is 18.0. The SMILES string of the molecule is Cc1c(-c2ccccc2Cl)nn2c(NC(=O)c3cccc(N4CCCC4)n3)cnc2c1C. The third kappa shape index (κ3) is 3.58. The molecule has 1 aliphatic rings. The summed E-state index contributed by atoms with van der Waals surface area (Å²) in [5, 5.41) is 8.33. The monoisotopic (exact) mass is 446 g/mol. The molecule has 1 saturated heterocycles. The fourth-order valence-electron chi connectivity index (χ4n) is 4.07. The topological polar surface area (TPSA) is 75.4 Å². The number of anilines is 2. The number of rotatable bonds is 4. The van der Waals surface area contributed by atoms with Crippen LogP contribution in [-0.4, -0.2) is 38.6 Å². The average molecular weight is 447 g/mol. The van der Waals surface area contributed by atoms with Gasteiger partial charge in [0.25, 0.3) is 5.91 Å². The molecule has 0 saturated carbocycles. The van der Waals surface area contributed by atoms with E-state index in [0.717, 1.165) is 54.1 Å². The van der Waals surface area contributed by atoms with Crippen LogP contribution in [-0.2, 0) is 0 Å². The first kappa shape index (κ1) is 20.5. The highest BCUT2D eigenvalue weighted by Crippen LogP contribution is 2.31. The highest BCUT2D eigenvalue weighted by molar-refractivity contribution is 6.33. The summed E-state index contributed by atoms with van der Waals surface area (Å²) in [6.45, 7) is 5.94. The van der Waals surface area contributed by atoms with Crippen molar-refractivity contribution < 1.29 is 4.79 Å². The number of pyridine rings is 1. The Morgan fingerprint density at radius 1 is 1.03 bits per heavy atom. The van der Waals surface area contributed by atoms with E-state index in [4.69, 9.17) is 16.7 Å². The number of aryl methyl sites for hydroxylation is 1. The highest BCUT2D eigenvalue weighted by Gasteiger charge is 2.19. The first-order valence-corrected chi connectivity index (χ1v) is 11.0. The summed E-state index contributed by atoms with van der Waals surface area (Å²) < 4.78 is 1.66. The summed E-state index contributed by atoms with van der Waals surface area (Å²) in [5.74, 6) is 1.01. The number of aromatic nitrogens is 4. The summed E-state index contributed by atoms with van der Waals surface area (Å²) >= 11 is 6.43. The van der Waals surface area contributed by atoms with Gasteiger partial charge in [-0.3, -0.25) is 4.79 Å². The van der Waals surface area contributed by atoms with Gasteiger partial charge in [-0.1, -0.05) is 35.9 Å². The van der Waals surface area contributed by atoms with Gasteiger partial charge in [0.2, 0.25) is 0 Å². The molecule has 3 aromatic heterocycles. The van der Waals surface area contributed by atoms with Crippen LogP contribution in [0.3, 0.4) is 0 Å². The van der Waals surface area contributed by atoms with Crippen LogP contribution in [0, 0.1) is 13.8 Å². The lowest BCUT2D eigenvalue weighted by Gasteiger charge is -2.16. The molecule has 5 rings (SSSR count). The number of nitrogens with zero attached hydrogens (tertiary/aromatic N) is 5. The number of benzene rings is 1. The predicted octanol–water partition coefficient (Wildman–Crippen LogP) is 4.91. The van der Waals surface area contributed by atoms with Gasteiger partial charge in [-0.15, -0.1) is 0 Å². The Hall–Kier alpha value is -3.45. The molecule has 1 aliphatic heterocycles. The van der Waals surface area contributed by atoms with Gasteiger partial charge in [-0.05, 0) is 56.0 Å². The second-order valence-corrected chi connectivity index (χ2v) is 8.39. The Balaban J connectivity index is 1.51. The fourth-order valence-corrected chi connectivity index (χ4v) is 4.29. The van der Waals surface area contributed by atoms with Gasteiger partial charge >= 0.3 is 0 Å². The van der Waals surface area contributed by atoms with Gasteiger partial charge in [0, 0.05) is 18.7 Å². The van der Waals surface area contributed by atoms with E-state index < -0.39 is 0 Å². The van der Waals surface area contributed by atoms with Crippen molar-refractivity contribution in [3.63, 3.8) is 0 Å². The number of nitrogens with one attached hydrogen (secondary N) is 1. The molecule has 1 fully saturated rings. The third-order valence-corrected chi connectivity index (χ3v) is 6.29. The van der Waals surface area contributed by atoms with Crippen molar-refractivity contribution in [1.29, 1.82) is 0 Å². The van der Waals surface area contributed by atoms with Gasteiger partial charge in [0.1, 0.15) is 11.5 Å². The number of fused-ring (bicyclic) bond motifs is 1. The molecule has 4 heterocycles. The lowest BCUT2D eigenvalue weighted by molar-refractivity contribution is 0.102. The van der Waals surface area contributed by atoms with Crippen molar-refractivity contribution in [2.75, 3.05) is 23.3 Å². The van der Waals surface area contributed by atoms with E-state index in [-0.39, 0.29) is 5.91 Å². The zero-order valence-corrected chi connectivity index (χ0v) is 18.7. The second-order valence-electron chi connectivity index (χ2n) is 7.99. The molecule has 0 aliphatic carbocycles. The van der Waals surface area contributed by atoms with Crippen LogP contribution in [0.25, 0.3) is 16.9 Å². The quantitative estimate of drug-likeness (QED) is 0.481. The van der Waals surface area contributed by atoms with Crippen LogP contribution in [0.1, 0.15) is 34.5 Å². The minimum Gasteiger partial charge on any atom is -0.357 e. The number of carbonyl (C=O) groups is 1. The maximum absolute atomic E-state index is 13.0. The molecular weight excluding hydrogens is 424 g/mol. The lowest BCUT2D eigenvalue weighted by atomic mass is 10.0. The van der Waals surface area contributed by atoms with Crippen LogP contribution < -0.4 is 10.2 Å². The Kier molecular flexibility index (Phi) is 5.27. The largest absolute Gasteiger partial charge is 0.357 e. The number of hydrogen-bond donors (Lipinski definition) is 1. The lowest BCUT2D eigenvalue weighted by Crippen LogP contribution is -2.21. The van der Waals surface area contributed by atoms with E-state index in [1.54, 1.807) is 16.8 Å². The minimum absolute atomic E-state index is 0.299. The molecule has 162 valence electrons. The molecule has 32 heavy (non-hydrogen) atoms. The van der Waals surface area contributed by atoms with Gasteiger partial charge in [-0.2, -0.15) is 9.61 Å². The van der Waals surface area contributed by atoms with Gasteiger partial charge in [0.15, 0.2) is 11.5 Å². The van der Waals surface area contributed by atoms with Crippen molar-refractivity contribution in [3.8, 4) is 11.3 Å². The molecule has 0 spiro atoms. The minimum atomic E-state index is -0.299. The maximum atomic E-state index is 13.0. The molecule has 7 nitrogen and oxygen atoms in total. The van der Waals surface area contributed by atoms with Crippen LogP contribution in [0.4, 0.5) is 11.6 Å². The number of amides is 1. The van der Waals surface area contributed by atoms with Crippen LogP contribution in [0.2, 0.25) is 5.02 Å². The van der Waals surface area contributed by atoms with E-state index >= 15 is 0 Å². The summed E-state index contributed by atoms with van der Waals surface area (Å²) in [4.78, 5) is 24.3. The molecule has 1 N–H and O–H groups in total. The van der Waals surface area contributed by atoms with E-state index in [1.165, 1.54) is 0 Å². The number of hydrogen-bond acceptors (Lipinski definition) is 5. The van der Waals surface area contributed by atoms with Crippen LogP contribution in [0.5, 0.6) is 0 Å². The Labute approximate surface area is 191 Å². The molecular formula is C24H23ClN6O. The summed E-state index contributed by atoms with van der Waals surface area (Å²) in [7, 11) is 0. The van der Waals surface area contributed by atoms with Crippen molar-refractivity contribution >= 4 is 34.8 Å². The summed E-state index contributed by atoms with van der Waals surface area (Å²) in [6, 6.07) is 13.1. The molecule has 4 aromatic rings. The van der Waals surface area contributed by atoms with Crippen molar-refractivity contribution in [2.45, 2.75) is 26.7 Å². The first-order chi connectivity index (χ1) is 15.5. The number of halogens is 1. The number of carbonyl (C=O) groups excluding carboxylic acids is 1.